The Balaban J connectivity index is 1.92. The highest BCUT2D eigenvalue weighted by molar-refractivity contribution is 8.00. The van der Waals surface area contributed by atoms with Crippen LogP contribution in [0, 0.1) is 6.92 Å². The van der Waals surface area contributed by atoms with E-state index in [1.807, 2.05) is 0 Å². The lowest BCUT2D eigenvalue weighted by Gasteiger charge is -2.13. The van der Waals surface area contributed by atoms with Crippen LogP contribution in [0.2, 0.25) is 5.02 Å². The first-order chi connectivity index (χ1) is 13.7. The van der Waals surface area contributed by atoms with Crippen molar-refractivity contribution in [2.24, 2.45) is 14.1 Å². The number of carbonyl (C=O) groups is 1. The van der Waals surface area contributed by atoms with Crippen LogP contribution in [0.4, 0.5) is 5.69 Å². The maximum atomic E-state index is 12.7. The van der Waals surface area contributed by atoms with Gasteiger partial charge < -0.3 is 10.1 Å². The number of ether oxygens (including phenoxy) is 1. The van der Waals surface area contributed by atoms with E-state index in [0.29, 0.717) is 26.7 Å². The number of benzene rings is 1. The summed E-state index contributed by atoms with van der Waals surface area (Å²) in [7, 11) is 4.47. The molecule has 1 amide bonds. The second-order valence-corrected chi connectivity index (χ2v) is 7.78. The molecule has 0 saturated heterocycles. The third-order valence-electron chi connectivity index (χ3n) is 4.38. The highest BCUT2D eigenvalue weighted by Crippen LogP contribution is 2.30. The standard InChI is InChI=1S/C19H19ClN4O4S/c1-10-8-21-17-15(18(26)24(3)19(27)23(17)2)16(10)29-9-14(25)22-12-7-11(20)5-6-13(12)28-4/h5-8H,9H2,1-4H3,(H,22,25). The molecule has 152 valence electrons. The number of aryl methyl sites for hydroxylation is 2. The number of amides is 1. The van der Waals surface area contributed by atoms with Crippen LogP contribution in [0.3, 0.4) is 0 Å². The van der Waals surface area contributed by atoms with Crippen LogP contribution in [0.15, 0.2) is 38.9 Å². The molecule has 0 saturated carbocycles. The topological polar surface area (TPSA) is 95.2 Å². The van der Waals surface area contributed by atoms with Crippen LogP contribution in [0.5, 0.6) is 5.75 Å². The van der Waals surface area contributed by atoms with Gasteiger partial charge in [-0.2, -0.15) is 0 Å². The average Bonchev–Trinajstić information content (AvgIpc) is 2.69. The van der Waals surface area contributed by atoms with Gasteiger partial charge in [0, 0.05) is 30.2 Å². The Bertz CT molecular complexity index is 1240. The number of rotatable bonds is 5. The van der Waals surface area contributed by atoms with Gasteiger partial charge in [0.2, 0.25) is 5.91 Å². The van der Waals surface area contributed by atoms with E-state index in [1.165, 1.54) is 30.5 Å². The van der Waals surface area contributed by atoms with Crippen molar-refractivity contribution in [3.8, 4) is 5.75 Å². The minimum absolute atomic E-state index is 0.0433. The van der Waals surface area contributed by atoms with Gasteiger partial charge in [-0.1, -0.05) is 11.6 Å². The molecule has 29 heavy (non-hydrogen) atoms. The van der Waals surface area contributed by atoms with Gasteiger partial charge in [0.25, 0.3) is 5.56 Å². The normalized spacial score (nSPS) is 10.9. The zero-order chi connectivity index (χ0) is 21.3. The number of anilines is 1. The zero-order valence-electron chi connectivity index (χ0n) is 16.3. The van der Waals surface area contributed by atoms with E-state index < -0.39 is 11.2 Å². The molecule has 0 radical (unpaired) electrons. The van der Waals surface area contributed by atoms with E-state index in [1.54, 1.807) is 38.4 Å². The Labute approximate surface area is 175 Å². The molecule has 8 nitrogen and oxygen atoms in total. The average molecular weight is 435 g/mol. The number of hydrogen-bond donors (Lipinski definition) is 1. The van der Waals surface area contributed by atoms with Crippen molar-refractivity contribution in [1.29, 1.82) is 0 Å². The fraction of sp³-hybridized carbons (Fsp3) is 0.263. The smallest absolute Gasteiger partial charge is 0.332 e. The number of nitrogens with zero attached hydrogens (tertiary/aromatic N) is 3. The van der Waals surface area contributed by atoms with E-state index in [9.17, 15) is 14.4 Å². The molecule has 2 aromatic heterocycles. The molecule has 0 fully saturated rings. The summed E-state index contributed by atoms with van der Waals surface area (Å²) in [5, 5.41) is 3.54. The van der Waals surface area contributed by atoms with E-state index in [4.69, 9.17) is 16.3 Å². The van der Waals surface area contributed by atoms with Crippen molar-refractivity contribution in [1.82, 2.24) is 14.1 Å². The summed E-state index contributed by atoms with van der Waals surface area (Å²) in [6, 6.07) is 4.93. The van der Waals surface area contributed by atoms with Crippen LogP contribution in [0.25, 0.3) is 11.0 Å². The highest BCUT2D eigenvalue weighted by atomic mass is 35.5. The molecule has 1 aromatic carbocycles. The fourth-order valence-electron chi connectivity index (χ4n) is 2.88. The predicted molar refractivity (Wildman–Crippen MR) is 114 cm³/mol. The van der Waals surface area contributed by atoms with Crippen molar-refractivity contribution in [2.45, 2.75) is 11.8 Å². The lowest BCUT2D eigenvalue weighted by atomic mass is 10.2. The van der Waals surface area contributed by atoms with Crippen molar-refractivity contribution in [3.05, 3.63) is 55.8 Å². The summed E-state index contributed by atoms with van der Waals surface area (Å²) in [6.45, 7) is 1.80. The summed E-state index contributed by atoms with van der Waals surface area (Å²) < 4.78 is 7.58. The monoisotopic (exact) mass is 434 g/mol. The van der Waals surface area contributed by atoms with Gasteiger partial charge in [-0.25, -0.2) is 9.78 Å². The van der Waals surface area contributed by atoms with Gasteiger partial charge in [-0.15, -0.1) is 11.8 Å². The van der Waals surface area contributed by atoms with Crippen LogP contribution < -0.4 is 21.3 Å². The second kappa shape index (κ2) is 8.30. The number of hydrogen-bond acceptors (Lipinski definition) is 6. The molecule has 10 heteroatoms. The maximum absolute atomic E-state index is 12.7. The SMILES string of the molecule is COc1ccc(Cl)cc1NC(=O)CSc1c(C)cnc2c1c(=O)n(C)c(=O)n2C. The molecule has 0 bridgehead atoms. The number of methoxy groups -OCH3 is 1. The van der Waals surface area contributed by atoms with Crippen molar-refractivity contribution >= 4 is 46.0 Å². The molecule has 1 N–H and O–H groups in total. The largest absolute Gasteiger partial charge is 0.495 e. The Hall–Kier alpha value is -2.78. The molecule has 0 spiro atoms. The summed E-state index contributed by atoms with van der Waals surface area (Å²) in [5.41, 5.74) is 0.578. The summed E-state index contributed by atoms with van der Waals surface area (Å²) in [6.07, 6.45) is 1.58. The molecule has 0 aliphatic rings. The third-order valence-corrected chi connectivity index (χ3v) is 5.84. The minimum Gasteiger partial charge on any atom is -0.495 e. The number of nitrogens with one attached hydrogen (secondary N) is 1. The highest BCUT2D eigenvalue weighted by Gasteiger charge is 2.17. The van der Waals surface area contributed by atoms with E-state index in [0.717, 1.165) is 10.1 Å². The molecule has 3 rings (SSSR count). The van der Waals surface area contributed by atoms with Gasteiger partial charge >= 0.3 is 5.69 Å². The Morgan fingerprint density at radius 2 is 2.00 bits per heavy atom. The first-order valence-corrected chi connectivity index (χ1v) is 9.92. The number of fused-ring (bicyclic) bond motifs is 1. The quantitative estimate of drug-likeness (QED) is 0.619. The number of aromatic nitrogens is 3. The van der Waals surface area contributed by atoms with Crippen LogP contribution >= 0.6 is 23.4 Å². The lowest BCUT2D eigenvalue weighted by molar-refractivity contribution is -0.113. The summed E-state index contributed by atoms with van der Waals surface area (Å²) >= 11 is 7.20. The number of halogens is 1. The summed E-state index contributed by atoms with van der Waals surface area (Å²) in [4.78, 5) is 42.2. The number of pyridine rings is 1. The summed E-state index contributed by atoms with van der Waals surface area (Å²) in [5.74, 6) is 0.241. The Morgan fingerprint density at radius 3 is 2.69 bits per heavy atom. The molecule has 2 heterocycles. The molecular formula is C19H19ClN4O4S. The van der Waals surface area contributed by atoms with Crippen molar-refractivity contribution in [3.63, 3.8) is 0 Å². The van der Waals surface area contributed by atoms with Crippen molar-refractivity contribution < 1.29 is 9.53 Å². The van der Waals surface area contributed by atoms with Gasteiger partial charge in [-0.05, 0) is 30.7 Å². The molecule has 0 aliphatic carbocycles. The first kappa shape index (κ1) is 20.9. The zero-order valence-corrected chi connectivity index (χ0v) is 17.8. The fourth-order valence-corrected chi connectivity index (χ4v) is 4.01. The minimum atomic E-state index is -0.458. The van der Waals surface area contributed by atoms with Crippen molar-refractivity contribution in [2.75, 3.05) is 18.2 Å². The van der Waals surface area contributed by atoms with E-state index in [2.05, 4.69) is 10.3 Å². The van der Waals surface area contributed by atoms with Crippen LogP contribution in [-0.4, -0.2) is 32.9 Å². The molecule has 0 aliphatic heterocycles. The predicted octanol–water partition coefficient (Wildman–Crippen LogP) is 2.33. The van der Waals surface area contributed by atoms with E-state index in [-0.39, 0.29) is 17.3 Å². The number of carbonyl (C=O) groups excluding carboxylic acids is 1. The maximum Gasteiger partial charge on any atom is 0.332 e. The van der Waals surface area contributed by atoms with Gasteiger partial charge in [0.15, 0.2) is 0 Å². The van der Waals surface area contributed by atoms with E-state index >= 15 is 0 Å². The lowest BCUT2D eigenvalue weighted by Crippen LogP contribution is -2.37. The molecule has 0 unspecified atom stereocenters. The number of thioether (sulfide) groups is 1. The van der Waals surface area contributed by atoms with Crippen LogP contribution in [0.1, 0.15) is 5.56 Å². The first-order valence-electron chi connectivity index (χ1n) is 8.56. The van der Waals surface area contributed by atoms with Gasteiger partial charge in [0.1, 0.15) is 11.4 Å². The molecular weight excluding hydrogens is 416 g/mol. The third kappa shape index (κ3) is 4.01. The second-order valence-electron chi connectivity index (χ2n) is 6.36. The molecule has 3 aromatic rings. The van der Waals surface area contributed by atoms with Gasteiger partial charge in [0.05, 0.1) is 23.9 Å². The van der Waals surface area contributed by atoms with Crippen LogP contribution in [-0.2, 0) is 18.9 Å². The Morgan fingerprint density at radius 1 is 1.28 bits per heavy atom. The molecule has 0 atom stereocenters. The Kier molecular flexibility index (Phi) is 5.99. The van der Waals surface area contributed by atoms with Gasteiger partial charge in [-0.3, -0.25) is 18.7 Å².